The van der Waals surface area contributed by atoms with Gasteiger partial charge < -0.3 is 4.74 Å². The van der Waals surface area contributed by atoms with Gasteiger partial charge in [-0.1, -0.05) is 0 Å². The molecule has 5 rings (SSSR count). The minimum atomic E-state index is -1.21. The summed E-state index contributed by atoms with van der Waals surface area (Å²) in [6, 6.07) is 0. The number of azo groups is 1. The molecule has 4 fully saturated rings. The summed E-state index contributed by atoms with van der Waals surface area (Å²) in [5.41, 5.74) is -0.502. The van der Waals surface area contributed by atoms with Gasteiger partial charge in [-0.15, -0.1) is 5.11 Å². The molecule has 0 aromatic carbocycles. The smallest absolute Gasteiger partial charge is 0.331 e. The molecule has 4 saturated carbocycles. The van der Waals surface area contributed by atoms with E-state index in [9.17, 15) is 4.79 Å². The molecule has 1 heterocycles. The molecule has 0 saturated heterocycles. The van der Waals surface area contributed by atoms with Crippen LogP contribution in [0.2, 0.25) is 0 Å². The lowest BCUT2D eigenvalue weighted by atomic mass is 9.52. The zero-order valence-corrected chi connectivity index (χ0v) is 11.5. The molecule has 4 aliphatic carbocycles. The van der Waals surface area contributed by atoms with Gasteiger partial charge in [-0.25, -0.2) is 0 Å². The van der Waals surface area contributed by atoms with Crippen molar-refractivity contribution in [3.05, 3.63) is 0 Å². The highest BCUT2D eigenvalue weighted by Crippen LogP contribution is 2.62. The van der Waals surface area contributed by atoms with Gasteiger partial charge in [0.15, 0.2) is 5.72 Å². The average molecular weight is 264 g/mol. The number of hydrogen-bond acceptors (Lipinski definition) is 5. The van der Waals surface area contributed by atoms with E-state index in [0.29, 0.717) is 11.8 Å². The van der Waals surface area contributed by atoms with Gasteiger partial charge in [-0.3, -0.25) is 9.53 Å². The number of rotatable bonds is 1. The molecule has 4 bridgehead atoms. The Kier molecular flexibility index (Phi) is 2.22. The van der Waals surface area contributed by atoms with Gasteiger partial charge >= 0.3 is 11.9 Å². The van der Waals surface area contributed by atoms with Crippen LogP contribution in [0.25, 0.3) is 0 Å². The predicted octanol–water partition coefficient (Wildman–Crippen LogP) is 2.86. The molecule has 0 amide bonds. The van der Waals surface area contributed by atoms with E-state index in [1.54, 1.807) is 6.92 Å². The van der Waals surface area contributed by atoms with Gasteiger partial charge in [0.25, 0.3) is 0 Å². The van der Waals surface area contributed by atoms with Crippen LogP contribution in [0, 0.1) is 23.7 Å². The molecular weight excluding hydrogens is 244 g/mol. The number of carbonyl (C=O) groups is 1. The third-order valence-electron chi connectivity index (χ3n) is 5.38. The maximum absolute atomic E-state index is 11.2. The number of hydrogen-bond donors (Lipinski definition) is 0. The van der Waals surface area contributed by atoms with Crippen molar-refractivity contribution in [2.45, 2.75) is 57.6 Å². The van der Waals surface area contributed by atoms with E-state index in [2.05, 4.69) is 10.2 Å². The first-order chi connectivity index (χ1) is 8.99. The normalized spacial score (nSPS) is 54.0. The summed E-state index contributed by atoms with van der Waals surface area (Å²) in [6.45, 7) is 3.07. The fraction of sp³-hybridized carbons (Fsp3) is 0.929. The van der Waals surface area contributed by atoms with Crippen molar-refractivity contribution in [2.75, 3.05) is 0 Å². The highest BCUT2D eigenvalue weighted by molar-refractivity contribution is 5.66. The average Bonchev–Trinajstić information content (AvgIpc) is 2.63. The summed E-state index contributed by atoms with van der Waals surface area (Å²) in [6.07, 6.45) is 6.18. The third kappa shape index (κ3) is 1.60. The van der Waals surface area contributed by atoms with Crippen LogP contribution in [0.3, 0.4) is 0 Å². The van der Waals surface area contributed by atoms with Gasteiger partial charge in [0.1, 0.15) is 0 Å². The lowest BCUT2D eigenvalue weighted by Gasteiger charge is -2.57. The van der Waals surface area contributed by atoms with Crippen LogP contribution < -0.4 is 0 Å². The number of ether oxygens (including phenoxy) is 2. The lowest BCUT2D eigenvalue weighted by Crippen LogP contribution is -2.58. The SMILES string of the molecule is CC(=O)OC1(C)N=NC2(O1)C1CC3CC(C1)CC2C3. The van der Waals surface area contributed by atoms with E-state index >= 15 is 0 Å². The molecule has 1 unspecified atom stereocenters. The quantitative estimate of drug-likeness (QED) is 0.684. The van der Waals surface area contributed by atoms with Crippen molar-refractivity contribution in [3.63, 3.8) is 0 Å². The van der Waals surface area contributed by atoms with Crippen LogP contribution >= 0.6 is 0 Å². The second kappa shape index (κ2) is 3.57. The van der Waals surface area contributed by atoms with Gasteiger partial charge in [-0.2, -0.15) is 5.11 Å². The Bertz CT molecular complexity index is 434. The highest BCUT2D eigenvalue weighted by Gasteiger charge is 2.64. The molecular formula is C14H20N2O3. The molecule has 0 radical (unpaired) electrons. The standard InChI is InChI=1S/C14H20N2O3/c1-8(17)18-13(2)15-16-14(19-13)11-4-9-3-10(6-11)7-12(14)5-9/h9-12H,3-7H2,1-2H3. The second-order valence-corrected chi connectivity index (χ2v) is 6.85. The summed E-state index contributed by atoms with van der Waals surface area (Å²) < 4.78 is 11.4. The van der Waals surface area contributed by atoms with Crippen molar-refractivity contribution < 1.29 is 14.3 Å². The molecule has 0 aromatic heterocycles. The molecule has 5 aliphatic rings. The Balaban J connectivity index is 1.63. The van der Waals surface area contributed by atoms with E-state index in [1.807, 2.05) is 0 Å². The summed E-state index contributed by atoms with van der Waals surface area (Å²) >= 11 is 0. The van der Waals surface area contributed by atoms with E-state index in [-0.39, 0.29) is 5.97 Å². The topological polar surface area (TPSA) is 60.2 Å². The Labute approximate surface area is 112 Å². The third-order valence-corrected chi connectivity index (χ3v) is 5.38. The van der Waals surface area contributed by atoms with Crippen LogP contribution in [0.5, 0.6) is 0 Å². The van der Waals surface area contributed by atoms with Crippen LogP contribution in [-0.4, -0.2) is 17.6 Å². The molecule has 0 N–H and O–H groups in total. The van der Waals surface area contributed by atoms with Crippen molar-refractivity contribution in [1.82, 2.24) is 0 Å². The van der Waals surface area contributed by atoms with E-state index < -0.39 is 11.6 Å². The van der Waals surface area contributed by atoms with Crippen LogP contribution in [-0.2, 0) is 14.3 Å². The Hall–Kier alpha value is -0.970. The van der Waals surface area contributed by atoms with Crippen LogP contribution in [0.15, 0.2) is 10.2 Å². The van der Waals surface area contributed by atoms with Crippen molar-refractivity contribution in [3.8, 4) is 0 Å². The Morgan fingerprint density at radius 2 is 1.68 bits per heavy atom. The van der Waals surface area contributed by atoms with Gasteiger partial charge in [0, 0.05) is 25.7 Å². The van der Waals surface area contributed by atoms with Crippen LogP contribution in [0.4, 0.5) is 0 Å². The monoisotopic (exact) mass is 264 g/mol. The van der Waals surface area contributed by atoms with Gasteiger partial charge in [0.2, 0.25) is 0 Å². The minimum Gasteiger partial charge on any atom is -0.411 e. The summed E-state index contributed by atoms with van der Waals surface area (Å²) in [4.78, 5) is 11.2. The van der Waals surface area contributed by atoms with Gasteiger partial charge in [0.05, 0.1) is 0 Å². The van der Waals surface area contributed by atoms with Crippen molar-refractivity contribution >= 4 is 5.97 Å². The first-order valence-electron chi connectivity index (χ1n) is 7.33. The van der Waals surface area contributed by atoms with Crippen LogP contribution in [0.1, 0.15) is 46.0 Å². The molecule has 5 heteroatoms. The number of nitrogens with zero attached hydrogens (tertiary/aromatic N) is 2. The molecule has 0 aromatic rings. The van der Waals surface area contributed by atoms with E-state index in [4.69, 9.17) is 9.47 Å². The molecule has 1 spiro atoms. The lowest BCUT2D eigenvalue weighted by molar-refractivity contribution is -0.287. The molecule has 5 nitrogen and oxygen atoms in total. The fourth-order valence-electron chi connectivity index (χ4n) is 5.01. The second-order valence-electron chi connectivity index (χ2n) is 6.85. The highest BCUT2D eigenvalue weighted by atomic mass is 16.8. The Morgan fingerprint density at radius 1 is 1.11 bits per heavy atom. The fourth-order valence-corrected chi connectivity index (χ4v) is 5.01. The van der Waals surface area contributed by atoms with Gasteiger partial charge in [-0.05, 0) is 43.9 Å². The molecule has 19 heavy (non-hydrogen) atoms. The summed E-state index contributed by atoms with van der Waals surface area (Å²) in [5.74, 6) is 1.05. The predicted molar refractivity (Wildman–Crippen MR) is 65.9 cm³/mol. The zero-order valence-electron chi connectivity index (χ0n) is 11.5. The summed E-state index contributed by atoms with van der Waals surface area (Å²) in [5, 5.41) is 8.66. The molecule has 1 aliphatic heterocycles. The molecule has 1 atom stereocenters. The zero-order chi connectivity index (χ0) is 13.3. The largest absolute Gasteiger partial charge is 0.411 e. The number of esters is 1. The van der Waals surface area contributed by atoms with Crippen molar-refractivity contribution in [1.29, 1.82) is 0 Å². The first kappa shape index (κ1) is 11.8. The maximum Gasteiger partial charge on any atom is 0.331 e. The van der Waals surface area contributed by atoms with E-state index in [1.165, 1.54) is 39.0 Å². The molecule has 104 valence electrons. The summed E-state index contributed by atoms with van der Waals surface area (Å²) in [7, 11) is 0. The Morgan fingerprint density at radius 3 is 2.21 bits per heavy atom. The number of carbonyl (C=O) groups excluding carboxylic acids is 1. The first-order valence-corrected chi connectivity index (χ1v) is 7.33. The maximum atomic E-state index is 11.2. The van der Waals surface area contributed by atoms with Crippen molar-refractivity contribution in [2.24, 2.45) is 33.9 Å². The minimum absolute atomic E-state index is 0.373. The van der Waals surface area contributed by atoms with E-state index in [0.717, 1.165) is 11.8 Å².